The maximum atomic E-state index is 4.12. The highest BCUT2D eigenvalue weighted by Gasteiger charge is 1.80. The summed E-state index contributed by atoms with van der Waals surface area (Å²) in [5.74, 6) is 0. The van der Waals surface area contributed by atoms with Crippen molar-refractivity contribution >= 4 is 12.6 Å². The first-order chi connectivity index (χ1) is 3.81. The van der Waals surface area contributed by atoms with E-state index in [0.717, 1.165) is 11.4 Å². The van der Waals surface area contributed by atoms with Crippen molar-refractivity contribution in [2.45, 2.75) is 0 Å². The minimum absolute atomic E-state index is 0.815. The number of likely N-dealkylation sites (N-methyl/N-ethyl adjacent to an activating group) is 1. The van der Waals surface area contributed by atoms with Gasteiger partial charge in [0, 0.05) is 6.54 Å². The van der Waals surface area contributed by atoms with Gasteiger partial charge in [-0.3, -0.25) is 0 Å². The molecule has 1 nitrogen and oxygen atoms in total. The Morgan fingerprint density at radius 3 is 2.88 bits per heavy atom. The fourth-order valence-corrected chi connectivity index (χ4v) is 0.640. The van der Waals surface area contributed by atoms with Crippen LogP contribution in [0.5, 0.6) is 0 Å². The lowest BCUT2D eigenvalue weighted by Crippen LogP contribution is -2.06. The molecule has 0 saturated heterocycles. The highest BCUT2D eigenvalue weighted by molar-refractivity contribution is 7.84. The molecule has 0 spiro atoms. The summed E-state index contributed by atoms with van der Waals surface area (Å²) in [5.41, 5.74) is 0. The molecule has 2 heteroatoms. The van der Waals surface area contributed by atoms with Crippen LogP contribution in [0.1, 0.15) is 0 Å². The monoisotopic (exact) mass is 129 g/mol. The van der Waals surface area contributed by atoms with Gasteiger partial charge in [-0.1, -0.05) is 18.7 Å². The van der Waals surface area contributed by atoms with Crippen molar-refractivity contribution in [2.75, 3.05) is 13.6 Å². The van der Waals surface area contributed by atoms with Crippen molar-refractivity contribution in [1.82, 2.24) is 5.32 Å². The molecule has 0 fully saturated rings. The van der Waals surface area contributed by atoms with Crippen LogP contribution in [-0.2, 0) is 0 Å². The molecule has 0 aromatic heterocycles. The normalized spacial score (nSPS) is 11.5. The van der Waals surface area contributed by atoms with Crippen molar-refractivity contribution < 1.29 is 0 Å². The second-order valence-electron chi connectivity index (χ2n) is 1.42. The van der Waals surface area contributed by atoms with Gasteiger partial charge >= 0.3 is 0 Å². The third-order valence-corrected chi connectivity index (χ3v) is 0.975. The summed E-state index contributed by atoms with van der Waals surface area (Å²) in [4.78, 5) is 1.00. The molecule has 0 radical (unpaired) electrons. The lowest BCUT2D eigenvalue weighted by Gasteiger charge is -1.93. The molecule has 46 valence electrons. The smallest absolute Gasteiger partial charge is 0.0259 e. The highest BCUT2D eigenvalue weighted by Crippen LogP contribution is 1.95. The highest BCUT2D eigenvalue weighted by atomic mass is 32.1. The predicted molar refractivity (Wildman–Crippen MR) is 41.2 cm³/mol. The van der Waals surface area contributed by atoms with Gasteiger partial charge in [-0.15, -0.1) is 12.6 Å². The van der Waals surface area contributed by atoms with Crippen molar-refractivity contribution in [2.24, 2.45) is 0 Å². The van der Waals surface area contributed by atoms with Crippen molar-refractivity contribution in [1.29, 1.82) is 0 Å². The van der Waals surface area contributed by atoms with E-state index in [2.05, 4.69) is 24.5 Å². The summed E-state index contributed by atoms with van der Waals surface area (Å²) in [5, 5.41) is 2.96. The zero-order valence-electron chi connectivity index (χ0n) is 5.02. The molecular formula is C6H11NS. The van der Waals surface area contributed by atoms with Crippen LogP contribution in [0.25, 0.3) is 0 Å². The minimum Gasteiger partial charge on any atom is -0.315 e. The Labute approximate surface area is 55.9 Å². The van der Waals surface area contributed by atoms with Gasteiger partial charge in [0.2, 0.25) is 0 Å². The summed E-state index contributed by atoms with van der Waals surface area (Å²) < 4.78 is 0. The molecule has 0 rings (SSSR count). The van der Waals surface area contributed by atoms with E-state index in [-0.39, 0.29) is 0 Å². The van der Waals surface area contributed by atoms with E-state index in [9.17, 15) is 0 Å². The van der Waals surface area contributed by atoms with Crippen molar-refractivity contribution in [3.05, 3.63) is 23.6 Å². The summed E-state index contributed by atoms with van der Waals surface area (Å²) in [6.45, 7) is 4.34. The molecule has 8 heavy (non-hydrogen) atoms. The zero-order chi connectivity index (χ0) is 6.41. The maximum absolute atomic E-state index is 4.12. The van der Waals surface area contributed by atoms with Crippen LogP contribution in [-0.4, -0.2) is 13.6 Å². The van der Waals surface area contributed by atoms with Gasteiger partial charge in [0.1, 0.15) is 0 Å². The van der Waals surface area contributed by atoms with Crippen LogP contribution >= 0.6 is 12.6 Å². The Bertz CT molecular complexity index is 96.7. The van der Waals surface area contributed by atoms with E-state index in [1.807, 2.05) is 13.1 Å². The average molecular weight is 129 g/mol. The molecule has 0 bridgehead atoms. The van der Waals surface area contributed by atoms with E-state index in [1.165, 1.54) is 0 Å². The first-order valence-corrected chi connectivity index (χ1v) is 2.91. The van der Waals surface area contributed by atoms with Gasteiger partial charge in [-0.2, -0.15) is 0 Å². The van der Waals surface area contributed by atoms with Gasteiger partial charge in [0.05, 0.1) is 0 Å². The van der Waals surface area contributed by atoms with Crippen LogP contribution in [0.15, 0.2) is 23.6 Å². The topological polar surface area (TPSA) is 12.0 Å². The molecule has 0 atom stereocenters. The number of hydrogen-bond acceptors (Lipinski definition) is 2. The fourth-order valence-electron chi connectivity index (χ4n) is 0.376. The Balaban J connectivity index is 3.44. The summed E-state index contributed by atoms with van der Waals surface area (Å²) in [6.07, 6.45) is 3.58. The molecule has 0 amide bonds. The Hall–Kier alpha value is -0.210. The minimum atomic E-state index is 0.815. The van der Waals surface area contributed by atoms with E-state index < -0.39 is 0 Å². The molecule has 0 aliphatic carbocycles. The lowest BCUT2D eigenvalue weighted by atomic mass is 10.5. The van der Waals surface area contributed by atoms with Gasteiger partial charge < -0.3 is 5.32 Å². The molecular weight excluding hydrogens is 118 g/mol. The number of rotatable bonds is 3. The van der Waals surface area contributed by atoms with Gasteiger partial charge in [-0.25, -0.2) is 0 Å². The standard InChI is InChI=1S/C6H11NS/c1-3-4-6(8)5-7-2/h3-4,7-8H,1,5H2,2H3/b6-4-. The summed E-state index contributed by atoms with van der Waals surface area (Å²) in [7, 11) is 1.88. The van der Waals surface area contributed by atoms with Gasteiger partial charge in [-0.05, 0) is 12.0 Å². The van der Waals surface area contributed by atoms with E-state index in [1.54, 1.807) is 6.08 Å². The third-order valence-electron chi connectivity index (χ3n) is 0.668. The molecule has 0 aliphatic rings. The molecule has 0 aromatic rings. The predicted octanol–water partition coefficient (Wildman–Crippen LogP) is 1.21. The zero-order valence-corrected chi connectivity index (χ0v) is 5.91. The molecule has 0 aromatic carbocycles. The number of nitrogens with one attached hydrogen (secondary N) is 1. The Kier molecular flexibility index (Phi) is 4.81. The lowest BCUT2D eigenvalue weighted by molar-refractivity contribution is 0.912. The molecule has 0 saturated carbocycles. The number of hydrogen-bond donors (Lipinski definition) is 2. The number of allylic oxidation sites excluding steroid dienone is 2. The summed E-state index contributed by atoms with van der Waals surface area (Å²) in [6, 6.07) is 0. The molecule has 0 heterocycles. The first kappa shape index (κ1) is 7.79. The Morgan fingerprint density at radius 1 is 1.88 bits per heavy atom. The molecule has 0 aliphatic heterocycles. The second kappa shape index (κ2) is 4.94. The van der Waals surface area contributed by atoms with Crippen molar-refractivity contribution in [3.63, 3.8) is 0 Å². The van der Waals surface area contributed by atoms with Crippen LogP contribution in [0.3, 0.4) is 0 Å². The Morgan fingerprint density at radius 2 is 2.50 bits per heavy atom. The van der Waals surface area contributed by atoms with Gasteiger partial charge in [0.25, 0.3) is 0 Å². The molecule has 0 unspecified atom stereocenters. The SMILES string of the molecule is C=C/C=C(\S)CNC. The third kappa shape index (κ3) is 3.96. The van der Waals surface area contributed by atoms with Crippen molar-refractivity contribution in [3.8, 4) is 0 Å². The van der Waals surface area contributed by atoms with E-state index in [4.69, 9.17) is 0 Å². The van der Waals surface area contributed by atoms with Crippen LogP contribution in [0, 0.1) is 0 Å². The van der Waals surface area contributed by atoms with Crippen LogP contribution in [0.2, 0.25) is 0 Å². The fraction of sp³-hybridized carbons (Fsp3) is 0.333. The van der Waals surface area contributed by atoms with E-state index >= 15 is 0 Å². The quantitative estimate of drug-likeness (QED) is 0.431. The van der Waals surface area contributed by atoms with Gasteiger partial charge in [0.15, 0.2) is 0 Å². The average Bonchev–Trinajstić information content (AvgIpc) is 1.68. The number of thiol groups is 1. The maximum Gasteiger partial charge on any atom is 0.0259 e. The van der Waals surface area contributed by atoms with Crippen LogP contribution < -0.4 is 5.32 Å². The first-order valence-electron chi connectivity index (χ1n) is 2.46. The largest absolute Gasteiger partial charge is 0.315 e. The molecule has 1 N–H and O–H groups in total. The van der Waals surface area contributed by atoms with Crippen LogP contribution in [0.4, 0.5) is 0 Å². The summed E-state index contributed by atoms with van der Waals surface area (Å²) >= 11 is 4.12. The second-order valence-corrected chi connectivity index (χ2v) is 2.00. The van der Waals surface area contributed by atoms with E-state index in [0.29, 0.717) is 0 Å².